The van der Waals surface area contributed by atoms with Crippen molar-refractivity contribution in [1.82, 2.24) is 14.5 Å². The van der Waals surface area contributed by atoms with Gasteiger partial charge in [0.2, 0.25) is 5.91 Å². The number of benzene rings is 2. The number of hydrogen-bond donors (Lipinski definition) is 1. The topological polar surface area (TPSA) is 118 Å². The van der Waals surface area contributed by atoms with E-state index in [1.165, 1.54) is 29.9 Å². The van der Waals surface area contributed by atoms with Gasteiger partial charge in [-0.1, -0.05) is 18.2 Å². The van der Waals surface area contributed by atoms with Crippen molar-refractivity contribution in [3.05, 3.63) is 80.5 Å². The number of nitrogens with one attached hydrogen (secondary N) is 1. The van der Waals surface area contributed by atoms with Crippen LogP contribution in [0.1, 0.15) is 25.0 Å². The Balaban J connectivity index is 2.00. The van der Waals surface area contributed by atoms with Gasteiger partial charge >= 0.3 is 11.7 Å². The first-order valence-electron chi connectivity index (χ1n) is 12.8. The zero-order valence-corrected chi connectivity index (χ0v) is 24.9. The second-order valence-electron chi connectivity index (χ2n) is 8.95. The Hall–Kier alpha value is -3.87. The van der Waals surface area contributed by atoms with E-state index < -0.39 is 23.8 Å². The molecule has 4 rings (SSSR count). The number of thioether (sulfide) groups is 1. The van der Waals surface area contributed by atoms with Crippen LogP contribution in [0.5, 0.6) is 5.75 Å². The number of amides is 1. The minimum Gasteiger partial charge on any atom is -0.468 e. The highest BCUT2D eigenvalue weighted by Crippen LogP contribution is 2.38. The number of carbonyl (C=O) groups excluding carboxylic acids is 2. The Morgan fingerprint density at radius 1 is 1.05 bits per heavy atom. The summed E-state index contributed by atoms with van der Waals surface area (Å²) in [5, 5.41) is 3.06. The van der Waals surface area contributed by atoms with Crippen molar-refractivity contribution >= 4 is 45.2 Å². The molecule has 0 saturated carbocycles. The summed E-state index contributed by atoms with van der Waals surface area (Å²) in [7, 11) is 1.53. The molecule has 2 aromatic heterocycles. The van der Waals surface area contributed by atoms with Crippen molar-refractivity contribution in [3.63, 3.8) is 0 Å². The van der Waals surface area contributed by atoms with Gasteiger partial charge in [0.25, 0.3) is 5.56 Å². The monoisotopic (exact) mass is 597 g/mol. The molecular weight excluding hydrogens is 566 g/mol. The summed E-state index contributed by atoms with van der Waals surface area (Å²) in [5.74, 6) is -0.359. The van der Waals surface area contributed by atoms with E-state index in [0.29, 0.717) is 21.0 Å². The van der Waals surface area contributed by atoms with Crippen LogP contribution in [0.2, 0.25) is 0 Å². The number of hydrogen-bond acceptors (Lipinski definition) is 9. The van der Waals surface area contributed by atoms with Gasteiger partial charge in [-0.15, -0.1) is 23.1 Å². The third-order valence-corrected chi connectivity index (χ3v) is 8.38. The zero-order valence-electron chi connectivity index (χ0n) is 23.2. The maximum atomic E-state index is 13.9. The summed E-state index contributed by atoms with van der Waals surface area (Å²) in [6.07, 6.45) is 1.95. The first kappa shape index (κ1) is 30.1. The molecule has 0 unspecified atom stereocenters. The maximum absolute atomic E-state index is 13.9. The molecule has 216 valence electrons. The summed E-state index contributed by atoms with van der Waals surface area (Å²) in [6, 6.07) is 14.9. The van der Waals surface area contributed by atoms with E-state index in [2.05, 4.69) is 5.32 Å². The summed E-state index contributed by atoms with van der Waals surface area (Å²) in [4.78, 5) is 54.3. The molecule has 0 spiro atoms. The van der Waals surface area contributed by atoms with E-state index in [1.807, 2.05) is 42.7 Å². The number of rotatable bonds is 12. The molecule has 2 aromatic carbocycles. The predicted octanol–water partition coefficient (Wildman–Crippen LogP) is 3.84. The van der Waals surface area contributed by atoms with Crippen molar-refractivity contribution < 1.29 is 23.8 Å². The lowest BCUT2D eigenvalue weighted by molar-refractivity contribution is -0.144. The molecule has 4 aromatic rings. The van der Waals surface area contributed by atoms with Crippen LogP contribution < -0.4 is 21.3 Å². The van der Waals surface area contributed by atoms with Gasteiger partial charge in [0, 0.05) is 35.9 Å². The fraction of sp³-hybridized carbons (Fsp3) is 0.310. The second kappa shape index (κ2) is 13.7. The van der Waals surface area contributed by atoms with E-state index in [0.717, 1.165) is 20.6 Å². The van der Waals surface area contributed by atoms with Crippen LogP contribution >= 0.6 is 23.1 Å². The molecule has 1 amide bonds. The van der Waals surface area contributed by atoms with Gasteiger partial charge in [-0.05, 0) is 54.6 Å². The third-order valence-electron chi connectivity index (χ3n) is 6.24. The Bertz CT molecular complexity index is 1670. The third kappa shape index (κ3) is 6.72. The molecule has 0 aliphatic carbocycles. The number of fused-ring (bicyclic) bond motifs is 1. The lowest BCUT2D eigenvalue weighted by atomic mass is 10.1. The number of carbonyl (C=O) groups is 2. The van der Waals surface area contributed by atoms with Crippen LogP contribution in [0.3, 0.4) is 0 Å². The summed E-state index contributed by atoms with van der Waals surface area (Å²) >= 11 is 2.84. The quantitative estimate of drug-likeness (QED) is 0.149. The van der Waals surface area contributed by atoms with Crippen LogP contribution in [0.15, 0.2) is 63.0 Å². The van der Waals surface area contributed by atoms with Crippen LogP contribution in [0.25, 0.3) is 20.7 Å². The van der Waals surface area contributed by atoms with Crippen LogP contribution in [0.4, 0.5) is 0 Å². The van der Waals surface area contributed by atoms with Gasteiger partial charge < -0.3 is 19.5 Å². The molecule has 0 fully saturated rings. The number of thiophene rings is 1. The van der Waals surface area contributed by atoms with Gasteiger partial charge in [0.05, 0.1) is 18.5 Å². The molecule has 12 heteroatoms. The highest BCUT2D eigenvalue weighted by molar-refractivity contribution is 7.98. The zero-order chi connectivity index (χ0) is 29.5. The van der Waals surface area contributed by atoms with Gasteiger partial charge in [-0.2, -0.15) is 0 Å². The van der Waals surface area contributed by atoms with Gasteiger partial charge in [0.1, 0.15) is 17.1 Å². The normalized spacial score (nSPS) is 11.0. The molecule has 1 N–H and O–H groups in total. The summed E-state index contributed by atoms with van der Waals surface area (Å²) < 4.78 is 18.0. The molecular formula is C29H31N3O7S2. The lowest BCUT2D eigenvalue weighted by Crippen LogP contribution is -2.42. The van der Waals surface area contributed by atoms with Crippen LogP contribution in [-0.2, 0) is 38.7 Å². The SMILES string of the molecule is CCOC(=O)Cn1c(=O)c2c(CNC(C)=O)c(-c3ccc(OCOC)cc3)sc2n(Cc2ccccc2SC)c1=O. The molecule has 0 atom stereocenters. The Morgan fingerprint density at radius 3 is 2.44 bits per heavy atom. The first-order chi connectivity index (χ1) is 19.8. The highest BCUT2D eigenvalue weighted by atomic mass is 32.2. The number of esters is 1. The number of ether oxygens (including phenoxy) is 3. The van der Waals surface area contributed by atoms with Crippen molar-refractivity contribution in [2.45, 2.75) is 38.4 Å². The largest absolute Gasteiger partial charge is 0.468 e. The second-order valence-corrected chi connectivity index (χ2v) is 10.8. The minimum atomic E-state index is -0.687. The molecule has 41 heavy (non-hydrogen) atoms. The maximum Gasteiger partial charge on any atom is 0.332 e. The Labute approximate surface area is 244 Å². The smallest absolute Gasteiger partial charge is 0.332 e. The van der Waals surface area contributed by atoms with Crippen molar-refractivity contribution in [3.8, 4) is 16.2 Å². The van der Waals surface area contributed by atoms with Gasteiger partial charge in [0.15, 0.2) is 6.79 Å². The van der Waals surface area contributed by atoms with E-state index in [-0.39, 0.29) is 37.8 Å². The molecule has 0 bridgehead atoms. The fourth-order valence-corrected chi connectivity index (χ4v) is 6.30. The van der Waals surface area contributed by atoms with E-state index >= 15 is 0 Å². The average molecular weight is 598 g/mol. The van der Waals surface area contributed by atoms with Crippen molar-refractivity contribution in [1.29, 1.82) is 0 Å². The highest BCUT2D eigenvalue weighted by Gasteiger charge is 2.24. The molecule has 0 aliphatic heterocycles. The van der Waals surface area contributed by atoms with Crippen LogP contribution in [-0.4, -0.2) is 47.8 Å². The van der Waals surface area contributed by atoms with Crippen molar-refractivity contribution in [2.24, 2.45) is 0 Å². The number of nitrogens with zero attached hydrogens (tertiary/aromatic N) is 2. The van der Waals surface area contributed by atoms with Gasteiger partial charge in [-0.25, -0.2) is 9.36 Å². The van der Waals surface area contributed by atoms with E-state index in [1.54, 1.807) is 30.8 Å². The number of aromatic nitrogens is 2. The summed E-state index contributed by atoms with van der Waals surface area (Å²) in [5.41, 5.74) is 0.989. The fourth-order valence-electron chi connectivity index (χ4n) is 4.38. The molecule has 2 heterocycles. The van der Waals surface area contributed by atoms with Crippen molar-refractivity contribution in [2.75, 3.05) is 26.8 Å². The minimum absolute atomic E-state index is 0.0564. The summed E-state index contributed by atoms with van der Waals surface area (Å²) in [6.45, 7) is 2.97. The Kier molecular flexibility index (Phi) is 10.0. The standard InChI is InChI=1S/C29H31N3O7S2/c1-5-38-24(34)16-31-27(35)25-22(14-30-18(2)33)26(19-10-12-21(13-11-19)39-17-37-3)41-28(25)32(29(31)36)15-20-8-6-7-9-23(20)40-4/h6-13H,5,14-17H2,1-4H3,(H,30,33). The predicted molar refractivity (Wildman–Crippen MR) is 160 cm³/mol. The van der Waals surface area contributed by atoms with E-state index in [9.17, 15) is 19.2 Å². The molecule has 0 radical (unpaired) electrons. The average Bonchev–Trinajstić information content (AvgIpc) is 3.35. The van der Waals surface area contributed by atoms with Gasteiger partial charge in [-0.3, -0.25) is 19.0 Å². The van der Waals surface area contributed by atoms with E-state index in [4.69, 9.17) is 14.2 Å². The molecule has 0 aliphatic rings. The first-order valence-corrected chi connectivity index (χ1v) is 14.9. The van der Waals surface area contributed by atoms with Crippen LogP contribution in [0, 0.1) is 0 Å². The molecule has 0 saturated heterocycles. The Morgan fingerprint density at radius 2 is 1.78 bits per heavy atom. The molecule has 10 nitrogen and oxygen atoms in total. The lowest BCUT2D eigenvalue weighted by Gasteiger charge is -2.14. The number of methoxy groups -OCH3 is 1.